The molecule has 18 heavy (non-hydrogen) atoms. The van der Waals surface area contributed by atoms with Crippen LogP contribution in [0.5, 0.6) is 0 Å². The highest BCUT2D eigenvalue weighted by Gasteiger charge is 2.06. The topological polar surface area (TPSA) is 30.0 Å². The van der Waals surface area contributed by atoms with E-state index in [1.165, 1.54) is 0 Å². The lowest BCUT2D eigenvalue weighted by Gasteiger charge is -2.06. The van der Waals surface area contributed by atoms with Crippen LogP contribution in [0.4, 0.5) is 0 Å². The minimum Gasteiger partial charge on any atom is -0.296 e. The van der Waals surface area contributed by atoms with Crippen molar-refractivity contribution in [1.82, 2.24) is 4.98 Å². The first-order valence-corrected chi connectivity index (χ1v) is 6.95. The van der Waals surface area contributed by atoms with Crippen LogP contribution in [0, 0.1) is 0 Å². The molecule has 0 fully saturated rings. The molecular formula is C14H12ClNOS. The molecule has 0 unspecified atom stereocenters. The third-order valence-electron chi connectivity index (χ3n) is 2.47. The van der Waals surface area contributed by atoms with E-state index in [0.717, 1.165) is 28.1 Å². The number of halogens is 1. The minimum atomic E-state index is 0.500. The molecule has 4 heteroatoms. The summed E-state index contributed by atoms with van der Waals surface area (Å²) in [6.07, 6.45) is 2.51. The van der Waals surface area contributed by atoms with Crippen LogP contribution in [0.2, 0.25) is 5.02 Å². The van der Waals surface area contributed by atoms with Crippen molar-refractivity contribution in [1.29, 1.82) is 0 Å². The molecule has 0 saturated carbocycles. The zero-order valence-electron chi connectivity index (χ0n) is 9.89. The Balaban J connectivity index is 2.42. The fourth-order valence-electron chi connectivity index (χ4n) is 1.61. The molecular weight excluding hydrogens is 266 g/mol. The number of benzene rings is 1. The van der Waals surface area contributed by atoms with Crippen LogP contribution in [0.3, 0.4) is 0 Å². The number of carbonyl (C=O) groups is 1. The van der Waals surface area contributed by atoms with Gasteiger partial charge < -0.3 is 0 Å². The Morgan fingerprint density at radius 2 is 2.00 bits per heavy atom. The first-order valence-electron chi connectivity index (χ1n) is 5.58. The first-order chi connectivity index (χ1) is 8.74. The van der Waals surface area contributed by atoms with Gasteiger partial charge in [0.15, 0.2) is 6.29 Å². The molecule has 0 spiro atoms. The van der Waals surface area contributed by atoms with Crippen molar-refractivity contribution in [2.24, 2.45) is 0 Å². The van der Waals surface area contributed by atoms with Crippen molar-refractivity contribution in [3.05, 3.63) is 47.2 Å². The van der Waals surface area contributed by atoms with Crippen molar-refractivity contribution >= 4 is 29.6 Å². The summed E-state index contributed by atoms with van der Waals surface area (Å²) < 4.78 is 0. The highest BCUT2D eigenvalue weighted by molar-refractivity contribution is 7.99. The average Bonchev–Trinajstić information content (AvgIpc) is 2.40. The van der Waals surface area contributed by atoms with Crippen molar-refractivity contribution in [2.75, 3.05) is 5.75 Å². The largest absolute Gasteiger partial charge is 0.296 e. The van der Waals surface area contributed by atoms with E-state index in [9.17, 15) is 4.79 Å². The molecule has 0 atom stereocenters. The molecule has 0 aliphatic heterocycles. The summed E-state index contributed by atoms with van der Waals surface area (Å²) in [6, 6.07) is 9.57. The number of pyridine rings is 1. The summed E-state index contributed by atoms with van der Waals surface area (Å²) >= 11 is 7.48. The second-order valence-electron chi connectivity index (χ2n) is 3.67. The van der Waals surface area contributed by atoms with E-state index >= 15 is 0 Å². The molecule has 2 aromatic rings. The number of hydrogen-bond acceptors (Lipinski definition) is 3. The Morgan fingerprint density at radius 3 is 2.61 bits per heavy atom. The summed E-state index contributed by atoms with van der Waals surface area (Å²) in [4.78, 5) is 16.0. The monoisotopic (exact) mass is 277 g/mol. The maximum atomic E-state index is 10.9. The summed E-state index contributed by atoms with van der Waals surface area (Å²) in [5.74, 6) is 0.909. The van der Waals surface area contributed by atoms with Crippen molar-refractivity contribution < 1.29 is 4.79 Å². The Morgan fingerprint density at radius 1 is 1.28 bits per heavy atom. The number of aldehydes is 1. The number of nitrogens with zero attached hydrogens (tertiary/aromatic N) is 1. The van der Waals surface area contributed by atoms with Crippen LogP contribution in [0.1, 0.15) is 17.4 Å². The summed E-state index contributed by atoms with van der Waals surface area (Å²) in [5, 5.41) is 0.708. The van der Waals surface area contributed by atoms with Crippen molar-refractivity contribution in [2.45, 2.75) is 11.8 Å². The standard InChI is InChI=1S/C14H12ClNOS/c1-2-18-14-7-11(8-16-13(14)9-17)10-3-5-12(15)6-4-10/h3-9H,2H2,1H3. The normalized spacial score (nSPS) is 10.3. The van der Waals surface area contributed by atoms with Gasteiger partial charge in [-0.3, -0.25) is 9.78 Å². The molecule has 0 radical (unpaired) electrons. The fraction of sp³-hybridized carbons (Fsp3) is 0.143. The van der Waals surface area contributed by atoms with E-state index < -0.39 is 0 Å². The lowest BCUT2D eigenvalue weighted by Crippen LogP contribution is -1.92. The third kappa shape index (κ3) is 2.92. The van der Waals surface area contributed by atoms with E-state index in [2.05, 4.69) is 4.98 Å². The maximum Gasteiger partial charge on any atom is 0.169 e. The van der Waals surface area contributed by atoms with E-state index in [4.69, 9.17) is 11.6 Å². The molecule has 2 nitrogen and oxygen atoms in total. The summed E-state index contributed by atoms with van der Waals surface area (Å²) in [6.45, 7) is 2.05. The van der Waals surface area contributed by atoms with E-state index in [1.807, 2.05) is 37.3 Å². The smallest absolute Gasteiger partial charge is 0.169 e. The average molecular weight is 278 g/mol. The Labute approximate surface area is 115 Å². The van der Waals surface area contributed by atoms with E-state index in [-0.39, 0.29) is 0 Å². The minimum absolute atomic E-state index is 0.500. The Hall–Kier alpha value is -1.32. The van der Waals surface area contributed by atoms with Gasteiger partial charge in [-0.25, -0.2) is 0 Å². The predicted octanol–water partition coefficient (Wildman–Crippen LogP) is 4.33. The van der Waals surface area contributed by atoms with Crippen LogP contribution in [0.15, 0.2) is 41.4 Å². The number of carbonyl (C=O) groups excluding carboxylic acids is 1. The van der Waals surface area contributed by atoms with Gasteiger partial charge in [-0.05, 0) is 29.5 Å². The number of rotatable bonds is 4. The van der Waals surface area contributed by atoms with Gasteiger partial charge in [-0.15, -0.1) is 11.8 Å². The molecule has 0 N–H and O–H groups in total. The van der Waals surface area contributed by atoms with Gasteiger partial charge in [0.25, 0.3) is 0 Å². The van der Waals surface area contributed by atoms with Gasteiger partial charge in [-0.2, -0.15) is 0 Å². The zero-order chi connectivity index (χ0) is 13.0. The van der Waals surface area contributed by atoms with Gasteiger partial charge in [0, 0.05) is 21.7 Å². The molecule has 0 bridgehead atoms. The molecule has 0 aliphatic carbocycles. The van der Waals surface area contributed by atoms with Crippen LogP contribution >= 0.6 is 23.4 Å². The molecule has 0 aliphatic rings. The second kappa shape index (κ2) is 6.03. The van der Waals surface area contributed by atoms with Crippen LogP contribution in [-0.2, 0) is 0 Å². The predicted molar refractivity (Wildman–Crippen MR) is 76.5 cm³/mol. The van der Waals surface area contributed by atoms with Gasteiger partial charge >= 0.3 is 0 Å². The Kier molecular flexibility index (Phi) is 4.39. The molecule has 0 amide bonds. The summed E-state index contributed by atoms with van der Waals surface area (Å²) in [7, 11) is 0. The number of thioether (sulfide) groups is 1. The van der Waals surface area contributed by atoms with E-state index in [0.29, 0.717) is 10.7 Å². The molecule has 92 valence electrons. The lowest BCUT2D eigenvalue weighted by atomic mass is 10.1. The lowest BCUT2D eigenvalue weighted by molar-refractivity contribution is 0.111. The highest BCUT2D eigenvalue weighted by atomic mass is 35.5. The quantitative estimate of drug-likeness (QED) is 0.615. The van der Waals surface area contributed by atoms with Gasteiger partial charge in [-0.1, -0.05) is 30.7 Å². The van der Waals surface area contributed by atoms with Gasteiger partial charge in [0.2, 0.25) is 0 Å². The number of hydrogen-bond donors (Lipinski definition) is 0. The van der Waals surface area contributed by atoms with Gasteiger partial charge in [0.1, 0.15) is 5.69 Å². The summed E-state index contributed by atoms with van der Waals surface area (Å²) in [5.41, 5.74) is 2.54. The van der Waals surface area contributed by atoms with Gasteiger partial charge in [0.05, 0.1) is 0 Å². The molecule has 1 aromatic heterocycles. The van der Waals surface area contributed by atoms with Crippen LogP contribution in [-0.4, -0.2) is 17.0 Å². The van der Waals surface area contributed by atoms with Crippen molar-refractivity contribution in [3.63, 3.8) is 0 Å². The first kappa shape index (κ1) is 13.1. The third-order valence-corrected chi connectivity index (χ3v) is 3.65. The van der Waals surface area contributed by atoms with Crippen molar-refractivity contribution in [3.8, 4) is 11.1 Å². The molecule has 1 heterocycles. The maximum absolute atomic E-state index is 10.9. The SMILES string of the molecule is CCSc1cc(-c2ccc(Cl)cc2)cnc1C=O. The Bertz CT molecular complexity index is 554. The van der Waals surface area contributed by atoms with Crippen LogP contribution in [0.25, 0.3) is 11.1 Å². The molecule has 0 saturated heterocycles. The number of aromatic nitrogens is 1. The second-order valence-corrected chi connectivity index (χ2v) is 5.41. The fourth-order valence-corrected chi connectivity index (χ4v) is 2.51. The van der Waals surface area contributed by atoms with Crippen LogP contribution < -0.4 is 0 Å². The molecule has 1 aromatic carbocycles. The van der Waals surface area contributed by atoms with E-state index in [1.54, 1.807) is 18.0 Å². The zero-order valence-corrected chi connectivity index (χ0v) is 11.5. The highest BCUT2D eigenvalue weighted by Crippen LogP contribution is 2.27. The molecule has 2 rings (SSSR count).